The van der Waals surface area contributed by atoms with Crippen LogP contribution in [0.4, 0.5) is 4.39 Å². The first kappa shape index (κ1) is 19.7. The Bertz CT molecular complexity index is 856. The summed E-state index contributed by atoms with van der Waals surface area (Å²) in [6.45, 7) is 3.35. The van der Waals surface area contributed by atoms with Crippen molar-refractivity contribution in [2.75, 3.05) is 32.8 Å². The number of piperazine rings is 1. The van der Waals surface area contributed by atoms with Gasteiger partial charge in [0.2, 0.25) is 5.91 Å². The molecule has 2 aromatic carbocycles. The van der Waals surface area contributed by atoms with E-state index in [1.54, 1.807) is 0 Å². The molecule has 2 atom stereocenters. The number of ether oxygens (including phenoxy) is 1. The Morgan fingerprint density at radius 3 is 2.48 bits per heavy atom. The van der Waals surface area contributed by atoms with Crippen molar-refractivity contribution in [1.29, 1.82) is 0 Å². The summed E-state index contributed by atoms with van der Waals surface area (Å²) >= 11 is 0. The molecule has 152 valence electrons. The largest absolute Gasteiger partial charge is 0.378 e. The van der Waals surface area contributed by atoms with Gasteiger partial charge in [-0.25, -0.2) is 4.39 Å². The van der Waals surface area contributed by atoms with Gasteiger partial charge < -0.3 is 9.64 Å². The smallest absolute Gasteiger partial charge is 0.223 e. The topological polar surface area (TPSA) is 49.9 Å². The molecule has 2 aliphatic rings. The van der Waals surface area contributed by atoms with E-state index in [1.807, 2.05) is 23.1 Å². The zero-order valence-electron chi connectivity index (χ0n) is 16.3. The molecule has 0 spiro atoms. The highest BCUT2D eigenvalue weighted by atomic mass is 19.1. The molecule has 5 nitrogen and oxygen atoms in total. The third-order valence-electron chi connectivity index (χ3n) is 5.78. The van der Waals surface area contributed by atoms with Gasteiger partial charge in [-0.1, -0.05) is 30.3 Å². The molecule has 0 aliphatic carbocycles. The van der Waals surface area contributed by atoms with Gasteiger partial charge in [-0.2, -0.15) is 0 Å². The number of hydrogen-bond donors (Lipinski definition) is 0. The number of hydrogen-bond acceptors (Lipinski definition) is 4. The first-order chi connectivity index (χ1) is 14.1. The third kappa shape index (κ3) is 4.54. The van der Waals surface area contributed by atoms with Crippen molar-refractivity contribution in [3.05, 3.63) is 71.5 Å². The van der Waals surface area contributed by atoms with Crippen molar-refractivity contribution < 1.29 is 18.7 Å². The predicted molar refractivity (Wildman–Crippen MR) is 107 cm³/mol. The molecule has 4 rings (SSSR count). The first-order valence-electron chi connectivity index (χ1n) is 10.1. The van der Waals surface area contributed by atoms with Crippen molar-refractivity contribution in [2.45, 2.75) is 24.9 Å². The highest BCUT2D eigenvalue weighted by Crippen LogP contribution is 2.29. The molecular weight excluding hydrogens is 371 g/mol. The first-order valence-corrected chi connectivity index (χ1v) is 10.1. The molecule has 0 radical (unpaired) electrons. The molecule has 0 bridgehead atoms. The number of carbonyl (C=O) groups excluding carboxylic acids is 2. The Kier molecular flexibility index (Phi) is 6.02. The van der Waals surface area contributed by atoms with Crippen LogP contribution in [0.15, 0.2) is 54.6 Å². The number of morpholine rings is 1. The minimum absolute atomic E-state index is 0.0121. The quantitative estimate of drug-likeness (QED) is 0.729. The molecule has 29 heavy (non-hydrogen) atoms. The third-order valence-corrected chi connectivity index (χ3v) is 5.78. The number of Topliss-reactive ketones (excluding diaryl/α,β-unsaturated/α-hetero) is 1. The van der Waals surface area contributed by atoms with Crippen molar-refractivity contribution in [2.24, 2.45) is 0 Å². The monoisotopic (exact) mass is 396 g/mol. The number of amides is 1. The molecule has 0 aromatic heterocycles. The van der Waals surface area contributed by atoms with Crippen LogP contribution in [-0.4, -0.2) is 60.4 Å². The number of nitrogens with zero attached hydrogens (tertiary/aromatic N) is 2. The SMILES string of the molecule is O=C(CCC(=O)N1CCN2[C@@H](COC[C@@H]2c2ccccc2)C1)c1ccc(F)cc1. The van der Waals surface area contributed by atoms with E-state index in [-0.39, 0.29) is 42.4 Å². The number of carbonyl (C=O) groups is 2. The van der Waals surface area contributed by atoms with Gasteiger partial charge in [0, 0.05) is 38.0 Å². The minimum atomic E-state index is -0.376. The lowest BCUT2D eigenvalue weighted by Gasteiger charge is -2.48. The number of ketones is 1. The molecule has 2 aromatic rings. The minimum Gasteiger partial charge on any atom is -0.378 e. The number of benzene rings is 2. The van der Waals surface area contributed by atoms with Crippen LogP contribution in [0.1, 0.15) is 34.8 Å². The summed E-state index contributed by atoms with van der Waals surface area (Å²) in [5.41, 5.74) is 1.68. The molecule has 1 amide bonds. The summed E-state index contributed by atoms with van der Waals surface area (Å²) in [4.78, 5) is 29.2. The fourth-order valence-electron chi connectivity index (χ4n) is 4.19. The zero-order valence-corrected chi connectivity index (χ0v) is 16.3. The molecule has 2 heterocycles. The van der Waals surface area contributed by atoms with Crippen LogP contribution in [0, 0.1) is 5.82 Å². The van der Waals surface area contributed by atoms with Gasteiger partial charge >= 0.3 is 0 Å². The van der Waals surface area contributed by atoms with Gasteiger partial charge in [0.25, 0.3) is 0 Å². The summed E-state index contributed by atoms with van der Waals surface area (Å²) in [6, 6.07) is 16.2. The van der Waals surface area contributed by atoms with E-state index < -0.39 is 0 Å². The van der Waals surface area contributed by atoms with Crippen LogP contribution in [-0.2, 0) is 9.53 Å². The molecule has 0 unspecified atom stereocenters. The Morgan fingerprint density at radius 1 is 0.966 bits per heavy atom. The van der Waals surface area contributed by atoms with Crippen molar-refractivity contribution in [3.8, 4) is 0 Å². The van der Waals surface area contributed by atoms with Gasteiger partial charge in [0.1, 0.15) is 5.82 Å². The van der Waals surface area contributed by atoms with E-state index in [2.05, 4.69) is 17.0 Å². The van der Waals surface area contributed by atoms with Gasteiger partial charge in [-0.3, -0.25) is 14.5 Å². The molecule has 2 fully saturated rings. The molecule has 6 heteroatoms. The maximum Gasteiger partial charge on any atom is 0.223 e. The van der Waals surface area contributed by atoms with E-state index in [9.17, 15) is 14.0 Å². The summed E-state index contributed by atoms with van der Waals surface area (Å²) < 4.78 is 18.8. The molecular formula is C23H25FN2O3. The summed E-state index contributed by atoms with van der Waals surface area (Å²) in [5.74, 6) is -0.525. The maximum absolute atomic E-state index is 13.0. The summed E-state index contributed by atoms with van der Waals surface area (Å²) in [6.07, 6.45) is 0.310. The van der Waals surface area contributed by atoms with Crippen molar-refractivity contribution in [3.63, 3.8) is 0 Å². The van der Waals surface area contributed by atoms with Crippen LogP contribution >= 0.6 is 0 Å². The van der Waals surface area contributed by atoms with Crippen molar-refractivity contribution in [1.82, 2.24) is 9.80 Å². The van der Waals surface area contributed by atoms with E-state index in [0.29, 0.717) is 31.9 Å². The highest BCUT2D eigenvalue weighted by molar-refractivity contribution is 5.97. The average Bonchev–Trinajstić information content (AvgIpc) is 2.77. The fraction of sp³-hybridized carbons (Fsp3) is 0.391. The predicted octanol–water partition coefficient (Wildman–Crippen LogP) is 3.07. The standard InChI is InChI=1S/C23H25FN2O3/c24-19-8-6-18(7-9-19)22(27)10-11-23(28)25-12-13-26-20(14-25)15-29-16-21(26)17-4-2-1-3-5-17/h1-9,20-21H,10-16H2/t20-,21-/m1/s1. The molecule has 0 saturated carbocycles. The molecule has 2 saturated heterocycles. The van der Waals surface area contributed by atoms with Crippen LogP contribution in [0.5, 0.6) is 0 Å². The van der Waals surface area contributed by atoms with Gasteiger partial charge in [0.05, 0.1) is 25.3 Å². The Morgan fingerprint density at radius 2 is 1.72 bits per heavy atom. The lowest BCUT2D eigenvalue weighted by atomic mass is 10.00. The van der Waals surface area contributed by atoms with E-state index in [4.69, 9.17) is 4.74 Å². The van der Waals surface area contributed by atoms with Gasteiger partial charge in [-0.15, -0.1) is 0 Å². The Hall–Kier alpha value is -2.57. The average molecular weight is 396 g/mol. The molecule has 2 aliphatic heterocycles. The van der Waals surface area contributed by atoms with Crippen LogP contribution in [0.3, 0.4) is 0 Å². The zero-order chi connectivity index (χ0) is 20.2. The number of fused-ring (bicyclic) bond motifs is 1. The second kappa shape index (κ2) is 8.84. The summed E-state index contributed by atoms with van der Waals surface area (Å²) in [7, 11) is 0. The molecule has 0 N–H and O–H groups in total. The normalized spacial score (nSPS) is 22.2. The van der Waals surface area contributed by atoms with Crippen LogP contribution < -0.4 is 0 Å². The number of halogens is 1. The van der Waals surface area contributed by atoms with Gasteiger partial charge in [0.15, 0.2) is 5.78 Å². The summed E-state index contributed by atoms with van der Waals surface area (Å²) in [5, 5.41) is 0. The van der Waals surface area contributed by atoms with E-state index in [0.717, 1.165) is 6.54 Å². The second-order valence-electron chi connectivity index (χ2n) is 7.63. The lowest BCUT2D eigenvalue weighted by Crippen LogP contribution is -2.60. The Balaban J connectivity index is 1.32. The van der Waals surface area contributed by atoms with Crippen LogP contribution in [0.25, 0.3) is 0 Å². The lowest BCUT2D eigenvalue weighted by molar-refractivity contribution is -0.140. The maximum atomic E-state index is 13.0. The van der Waals surface area contributed by atoms with Gasteiger partial charge in [-0.05, 0) is 29.8 Å². The van der Waals surface area contributed by atoms with E-state index >= 15 is 0 Å². The number of rotatable bonds is 5. The van der Waals surface area contributed by atoms with Crippen molar-refractivity contribution >= 4 is 11.7 Å². The Labute approximate surface area is 170 Å². The van der Waals surface area contributed by atoms with Crippen LogP contribution in [0.2, 0.25) is 0 Å². The highest BCUT2D eigenvalue weighted by Gasteiger charge is 2.37. The fourth-order valence-corrected chi connectivity index (χ4v) is 4.19. The van der Waals surface area contributed by atoms with E-state index in [1.165, 1.54) is 29.8 Å². The second-order valence-corrected chi connectivity index (χ2v) is 7.63.